The first-order valence-electron chi connectivity index (χ1n) is 5.31. The van der Waals surface area contributed by atoms with Gasteiger partial charge in [0.1, 0.15) is 0 Å². The zero-order valence-corrected chi connectivity index (χ0v) is 9.28. The lowest BCUT2D eigenvalue weighted by Crippen LogP contribution is -2.49. The molecule has 0 aromatic heterocycles. The monoisotopic (exact) mass is 212 g/mol. The predicted octanol–water partition coefficient (Wildman–Crippen LogP) is 0.790. The molecule has 0 saturated carbocycles. The maximum absolute atomic E-state index is 11.8. The van der Waals surface area contributed by atoms with Gasteiger partial charge in [-0.3, -0.25) is 9.59 Å². The van der Waals surface area contributed by atoms with Crippen LogP contribution < -0.4 is 0 Å². The maximum Gasteiger partial charge on any atom is 0.312 e. The molecule has 3 unspecified atom stereocenters. The van der Waals surface area contributed by atoms with Gasteiger partial charge >= 0.3 is 5.97 Å². The molecule has 0 radical (unpaired) electrons. The van der Waals surface area contributed by atoms with Crippen molar-refractivity contribution in [1.82, 2.24) is 0 Å². The van der Waals surface area contributed by atoms with E-state index in [1.165, 1.54) is 6.92 Å². The molecule has 4 heteroatoms. The van der Waals surface area contributed by atoms with Crippen molar-refractivity contribution in [1.29, 1.82) is 0 Å². The molecule has 0 aromatic carbocycles. The third-order valence-electron chi connectivity index (χ3n) is 3.61. The first kappa shape index (κ1) is 10.6. The van der Waals surface area contributed by atoms with Gasteiger partial charge in [0.15, 0.2) is 11.4 Å². The van der Waals surface area contributed by atoms with Gasteiger partial charge in [0.2, 0.25) is 0 Å². The van der Waals surface area contributed by atoms with Crippen LogP contribution in [0.2, 0.25) is 0 Å². The van der Waals surface area contributed by atoms with Crippen LogP contribution in [0.3, 0.4) is 0 Å². The first-order valence-corrected chi connectivity index (χ1v) is 5.31. The van der Waals surface area contributed by atoms with Crippen LogP contribution in [-0.2, 0) is 19.1 Å². The molecule has 2 fully saturated rings. The van der Waals surface area contributed by atoms with E-state index in [2.05, 4.69) is 0 Å². The molecule has 2 aliphatic heterocycles. The standard InChI is InChI=1S/C11H16O4/c1-6(2)11(7(3)12)9-5-14-4-8(9)10(13)15-11/h6,8-9H,4-5H2,1-3H3. The van der Waals surface area contributed by atoms with Crippen molar-refractivity contribution in [2.45, 2.75) is 26.4 Å². The van der Waals surface area contributed by atoms with E-state index < -0.39 is 5.60 Å². The van der Waals surface area contributed by atoms with Crippen LogP contribution in [0.1, 0.15) is 20.8 Å². The number of carbonyl (C=O) groups excluding carboxylic acids is 2. The quantitative estimate of drug-likeness (QED) is 0.635. The normalized spacial score (nSPS) is 39.3. The molecule has 0 N–H and O–H groups in total. The molecule has 15 heavy (non-hydrogen) atoms. The lowest BCUT2D eigenvalue weighted by molar-refractivity contribution is -0.166. The Hall–Kier alpha value is -0.900. The molecule has 84 valence electrons. The summed E-state index contributed by atoms with van der Waals surface area (Å²) < 4.78 is 10.7. The zero-order valence-electron chi connectivity index (χ0n) is 9.28. The third kappa shape index (κ3) is 1.24. The van der Waals surface area contributed by atoms with Crippen molar-refractivity contribution in [2.75, 3.05) is 13.2 Å². The summed E-state index contributed by atoms with van der Waals surface area (Å²) in [6.07, 6.45) is 0. The van der Waals surface area contributed by atoms with Crippen LogP contribution in [-0.4, -0.2) is 30.6 Å². The van der Waals surface area contributed by atoms with Gasteiger partial charge < -0.3 is 9.47 Å². The third-order valence-corrected chi connectivity index (χ3v) is 3.61. The lowest BCUT2D eigenvalue weighted by Gasteiger charge is -2.33. The van der Waals surface area contributed by atoms with E-state index in [4.69, 9.17) is 9.47 Å². The van der Waals surface area contributed by atoms with E-state index in [0.717, 1.165) is 0 Å². The number of hydrogen-bond acceptors (Lipinski definition) is 4. The predicted molar refractivity (Wildman–Crippen MR) is 52.1 cm³/mol. The number of cyclic esters (lactones) is 1. The number of ketones is 1. The minimum atomic E-state index is -0.946. The summed E-state index contributed by atoms with van der Waals surface area (Å²) in [5.74, 6) is -0.681. The summed E-state index contributed by atoms with van der Waals surface area (Å²) in [6.45, 7) is 6.16. The van der Waals surface area contributed by atoms with E-state index in [1.54, 1.807) is 0 Å². The van der Waals surface area contributed by atoms with E-state index in [9.17, 15) is 9.59 Å². The lowest BCUT2D eigenvalue weighted by atomic mass is 9.74. The highest BCUT2D eigenvalue weighted by atomic mass is 16.6. The summed E-state index contributed by atoms with van der Waals surface area (Å²) in [7, 11) is 0. The average molecular weight is 212 g/mol. The topological polar surface area (TPSA) is 52.6 Å². The van der Waals surface area contributed by atoms with Crippen molar-refractivity contribution in [3.8, 4) is 0 Å². The zero-order chi connectivity index (χ0) is 11.2. The largest absolute Gasteiger partial charge is 0.450 e. The fourth-order valence-corrected chi connectivity index (χ4v) is 2.81. The van der Waals surface area contributed by atoms with E-state index in [0.29, 0.717) is 13.2 Å². The number of fused-ring (bicyclic) bond motifs is 1. The number of ether oxygens (including phenoxy) is 2. The summed E-state index contributed by atoms with van der Waals surface area (Å²) in [5, 5.41) is 0. The highest BCUT2D eigenvalue weighted by molar-refractivity contribution is 5.92. The fourth-order valence-electron chi connectivity index (χ4n) is 2.81. The summed E-state index contributed by atoms with van der Waals surface area (Å²) in [4.78, 5) is 23.4. The van der Waals surface area contributed by atoms with Crippen molar-refractivity contribution < 1.29 is 19.1 Å². The average Bonchev–Trinajstić information content (AvgIpc) is 2.68. The molecule has 0 spiro atoms. The summed E-state index contributed by atoms with van der Waals surface area (Å²) >= 11 is 0. The van der Waals surface area contributed by atoms with E-state index in [1.807, 2.05) is 13.8 Å². The smallest absolute Gasteiger partial charge is 0.312 e. The second-order valence-electron chi connectivity index (χ2n) is 4.68. The highest BCUT2D eigenvalue weighted by Gasteiger charge is 2.62. The Morgan fingerprint density at radius 3 is 2.67 bits per heavy atom. The SMILES string of the molecule is CC(=O)C1(C(C)C)OC(=O)C2COCC21. The molecule has 0 bridgehead atoms. The molecule has 2 heterocycles. The molecule has 0 aliphatic carbocycles. The molecule has 2 saturated heterocycles. The number of esters is 1. The van der Waals surface area contributed by atoms with Crippen molar-refractivity contribution in [3.63, 3.8) is 0 Å². The van der Waals surface area contributed by atoms with Gasteiger partial charge in [-0.05, 0) is 6.92 Å². The minimum Gasteiger partial charge on any atom is -0.450 e. The fraction of sp³-hybridized carbons (Fsp3) is 0.818. The Morgan fingerprint density at radius 2 is 2.13 bits per heavy atom. The Kier molecular flexibility index (Phi) is 2.34. The van der Waals surface area contributed by atoms with Gasteiger partial charge in [-0.15, -0.1) is 0 Å². The van der Waals surface area contributed by atoms with Crippen molar-refractivity contribution in [3.05, 3.63) is 0 Å². The van der Waals surface area contributed by atoms with Gasteiger partial charge in [-0.2, -0.15) is 0 Å². The Morgan fingerprint density at radius 1 is 1.47 bits per heavy atom. The van der Waals surface area contributed by atoms with Gasteiger partial charge in [0.25, 0.3) is 0 Å². The Labute approximate surface area is 88.9 Å². The van der Waals surface area contributed by atoms with E-state index in [-0.39, 0.29) is 29.5 Å². The Balaban J connectivity index is 2.41. The van der Waals surface area contributed by atoms with Crippen molar-refractivity contribution in [2.24, 2.45) is 17.8 Å². The van der Waals surface area contributed by atoms with Crippen LogP contribution in [0.25, 0.3) is 0 Å². The molecule has 2 aliphatic rings. The van der Waals surface area contributed by atoms with Gasteiger partial charge in [0.05, 0.1) is 19.1 Å². The van der Waals surface area contributed by atoms with Gasteiger partial charge in [0, 0.05) is 11.8 Å². The molecule has 0 aromatic rings. The van der Waals surface area contributed by atoms with Crippen LogP contribution in [0.5, 0.6) is 0 Å². The summed E-state index contributed by atoms with van der Waals surface area (Å²) in [6, 6.07) is 0. The van der Waals surface area contributed by atoms with Gasteiger partial charge in [-0.1, -0.05) is 13.8 Å². The van der Waals surface area contributed by atoms with Crippen LogP contribution in [0, 0.1) is 17.8 Å². The molecular formula is C11H16O4. The van der Waals surface area contributed by atoms with Crippen molar-refractivity contribution >= 4 is 11.8 Å². The van der Waals surface area contributed by atoms with Crippen LogP contribution >= 0.6 is 0 Å². The number of hydrogen-bond donors (Lipinski definition) is 0. The summed E-state index contributed by atoms with van der Waals surface area (Å²) in [5.41, 5.74) is -0.946. The molecular weight excluding hydrogens is 196 g/mol. The maximum atomic E-state index is 11.8. The van der Waals surface area contributed by atoms with Crippen LogP contribution in [0.15, 0.2) is 0 Å². The van der Waals surface area contributed by atoms with E-state index >= 15 is 0 Å². The molecule has 4 nitrogen and oxygen atoms in total. The first-order chi connectivity index (χ1) is 7.00. The second kappa shape index (κ2) is 3.30. The molecule has 2 rings (SSSR count). The number of carbonyl (C=O) groups is 2. The second-order valence-corrected chi connectivity index (χ2v) is 4.68. The van der Waals surface area contributed by atoms with Crippen LogP contribution in [0.4, 0.5) is 0 Å². The molecule has 0 amide bonds. The number of Topliss-reactive ketones (excluding diaryl/α,β-unsaturated/α-hetero) is 1. The minimum absolute atomic E-state index is 0.00403. The van der Waals surface area contributed by atoms with Gasteiger partial charge in [-0.25, -0.2) is 0 Å². The number of rotatable bonds is 2. The Bertz CT molecular complexity index is 310. The molecule has 3 atom stereocenters. The highest BCUT2D eigenvalue weighted by Crippen LogP contribution is 2.46.